The van der Waals surface area contributed by atoms with Crippen molar-refractivity contribution < 1.29 is 0 Å². The standard InChI is InChI=1S/C13H13N5/c14-7-10-1-3-11(4-2-10)9-16-13-12(8-15)5-6-17-18-13/h1-6H,7,9,14H2,(H,16,18). The fourth-order valence-electron chi connectivity index (χ4n) is 1.53. The zero-order valence-corrected chi connectivity index (χ0v) is 9.80. The van der Waals surface area contributed by atoms with Crippen molar-refractivity contribution in [1.29, 1.82) is 5.26 Å². The molecule has 0 aliphatic heterocycles. The molecule has 1 aromatic heterocycles. The van der Waals surface area contributed by atoms with Crippen LogP contribution < -0.4 is 11.1 Å². The highest BCUT2D eigenvalue weighted by Gasteiger charge is 2.02. The molecule has 0 spiro atoms. The van der Waals surface area contributed by atoms with E-state index in [2.05, 4.69) is 21.6 Å². The molecule has 3 N–H and O–H groups in total. The van der Waals surface area contributed by atoms with Gasteiger partial charge in [-0.15, -0.1) is 5.10 Å². The largest absolute Gasteiger partial charge is 0.363 e. The molecular weight excluding hydrogens is 226 g/mol. The van der Waals surface area contributed by atoms with Crippen LogP contribution in [0.4, 0.5) is 5.82 Å². The molecule has 18 heavy (non-hydrogen) atoms. The number of nitrogens with two attached hydrogens (primary N) is 1. The van der Waals surface area contributed by atoms with E-state index in [1.807, 2.05) is 24.3 Å². The maximum Gasteiger partial charge on any atom is 0.166 e. The molecule has 1 aromatic carbocycles. The molecule has 0 radical (unpaired) electrons. The van der Waals surface area contributed by atoms with Gasteiger partial charge in [-0.05, 0) is 17.2 Å². The van der Waals surface area contributed by atoms with Gasteiger partial charge in [0.15, 0.2) is 5.82 Å². The molecule has 2 rings (SSSR count). The van der Waals surface area contributed by atoms with Gasteiger partial charge in [0.25, 0.3) is 0 Å². The SMILES string of the molecule is N#Cc1ccnnc1NCc1ccc(CN)cc1. The zero-order chi connectivity index (χ0) is 12.8. The normalized spacial score (nSPS) is 9.78. The van der Waals surface area contributed by atoms with Crippen LogP contribution in [-0.4, -0.2) is 10.2 Å². The Kier molecular flexibility index (Phi) is 3.84. The Morgan fingerprint density at radius 2 is 1.89 bits per heavy atom. The van der Waals surface area contributed by atoms with E-state index >= 15 is 0 Å². The number of benzene rings is 1. The average molecular weight is 239 g/mol. The first kappa shape index (κ1) is 12.0. The van der Waals surface area contributed by atoms with Gasteiger partial charge in [0.1, 0.15) is 6.07 Å². The van der Waals surface area contributed by atoms with E-state index in [0.29, 0.717) is 24.5 Å². The number of nitrogens with one attached hydrogen (secondary N) is 1. The van der Waals surface area contributed by atoms with Crippen LogP contribution in [0.25, 0.3) is 0 Å². The number of nitrogens with zero attached hydrogens (tertiary/aromatic N) is 3. The van der Waals surface area contributed by atoms with Crippen LogP contribution in [0.2, 0.25) is 0 Å². The Labute approximate surface area is 105 Å². The van der Waals surface area contributed by atoms with Crippen molar-refractivity contribution >= 4 is 5.82 Å². The fraction of sp³-hybridized carbons (Fsp3) is 0.154. The third-order valence-electron chi connectivity index (χ3n) is 2.56. The summed E-state index contributed by atoms with van der Waals surface area (Å²) in [6.07, 6.45) is 1.50. The van der Waals surface area contributed by atoms with E-state index in [1.54, 1.807) is 6.07 Å². The van der Waals surface area contributed by atoms with E-state index in [9.17, 15) is 0 Å². The molecule has 0 atom stereocenters. The molecular formula is C13H13N5. The summed E-state index contributed by atoms with van der Waals surface area (Å²) in [6.45, 7) is 1.13. The van der Waals surface area contributed by atoms with Crippen LogP contribution in [0, 0.1) is 11.3 Å². The maximum atomic E-state index is 8.91. The van der Waals surface area contributed by atoms with Gasteiger partial charge in [-0.1, -0.05) is 24.3 Å². The summed E-state index contributed by atoms with van der Waals surface area (Å²) in [6, 6.07) is 11.7. The monoisotopic (exact) mass is 239 g/mol. The summed E-state index contributed by atoms with van der Waals surface area (Å²) in [5.74, 6) is 0.503. The van der Waals surface area contributed by atoms with Crippen LogP contribution in [-0.2, 0) is 13.1 Å². The molecule has 0 fully saturated rings. The van der Waals surface area contributed by atoms with Crippen molar-refractivity contribution in [3.05, 3.63) is 53.2 Å². The van der Waals surface area contributed by atoms with E-state index < -0.39 is 0 Å². The minimum absolute atomic E-state index is 0.489. The smallest absolute Gasteiger partial charge is 0.166 e. The molecule has 0 unspecified atom stereocenters. The van der Waals surface area contributed by atoms with Crippen LogP contribution in [0.5, 0.6) is 0 Å². The Morgan fingerprint density at radius 3 is 2.56 bits per heavy atom. The first-order valence-electron chi connectivity index (χ1n) is 5.57. The van der Waals surface area contributed by atoms with Gasteiger partial charge in [0, 0.05) is 13.1 Å². The lowest BCUT2D eigenvalue weighted by Crippen LogP contribution is -2.04. The highest BCUT2D eigenvalue weighted by atomic mass is 15.2. The second-order valence-corrected chi connectivity index (χ2v) is 3.78. The Hall–Kier alpha value is -2.45. The number of anilines is 1. The molecule has 0 aliphatic rings. The topological polar surface area (TPSA) is 87.6 Å². The molecule has 2 aromatic rings. The summed E-state index contributed by atoms with van der Waals surface area (Å²) < 4.78 is 0. The van der Waals surface area contributed by atoms with Gasteiger partial charge in [0.2, 0.25) is 0 Å². The minimum Gasteiger partial charge on any atom is -0.363 e. The number of hydrogen-bond acceptors (Lipinski definition) is 5. The highest BCUT2D eigenvalue weighted by Crippen LogP contribution is 2.11. The van der Waals surface area contributed by atoms with Gasteiger partial charge in [0.05, 0.1) is 11.8 Å². The van der Waals surface area contributed by atoms with Crippen molar-refractivity contribution in [3.8, 4) is 6.07 Å². The Balaban J connectivity index is 2.05. The first-order chi connectivity index (χ1) is 8.83. The van der Waals surface area contributed by atoms with Gasteiger partial charge in [-0.25, -0.2) is 0 Å². The molecule has 0 aliphatic carbocycles. The molecule has 1 heterocycles. The third kappa shape index (κ3) is 2.81. The lowest BCUT2D eigenvalue weighted by atomic mass is 10.1. The molecule has 90 valence electrons. The van der Waals surface area contributed by atoms with E-state index in [0.717, 1.165) is 11.1 Å². The molecule has 0 saturated heterocycles. The second-order valence-electron chi connectivity index (χ2n) is 3.78. The van der Waals surface area contributed by atoms with Crippen molar-refractivity contribution in [3.63, 3.8) is 0 Å². The first-order valence-corrected chi connectivity index (χ1v) is 5.57. The zero-order valence-electron chi connectivity index (χ0n) is 9.80. The lowest BCUT2D eigenvalue weighted by molar-refractivity contribution is 0.992. The van der Waals surface area contributed by atoms with Gasteiger partial charge < -0.3 is 11.1 Å². The van der Waals surface area contributed by atoms with Crippen molar-refractivity contribution in [2.75, 3.05) is 5.32 Å². The average Bonchev–Trinajstić information content (AvgIpc) is 2.46. The summed E-state index contributed by atoms with van der Waals surface area (Å²) in [5.41, 5.74) is 8.21. The van der Waals surface area contributed by atoms with Crippen LogP contribution in [0.3, 0.4) is 0 Å². The second kappa shape index (κ2) is 5.75. The predicted octanol–water partition coefficient (Wildman–Crippen LogP) is 1.42. The fourth-order valence-corrected chi connectivity index (χ4v) is 1.53. The van der Waals surface area contributed by atoms with Gasteiger partial charge in [-0.3, -0.25) is 0 Å². The van der Waals surface area contributed by atoms with Crippen molar-refractivity contribution in [2.45, 2.75) is 13.1 Å². The molecule has 0 amide bonds. The summed E-state index contributed by atoms with van der Waals surface area (Å²) in [7, 11) is 0. The minimum atomic E-state index is 0.489. The molecule has 0 bridgehead atoms. The summed E-state index contributed by atoms with van der Waals surface area (Å²) in [4.78, 5) is 0. The lowest BCUT2D eigenvalue weighted by Gasteiger charge is -2.06. The third-order valence-corrected chi connectivity index (χ3v) is 2.56. The van der Waals surface area contributed by atoms with Gasteiger partial charge in [-0.2, -0.15) is 10.4 Å². The van der Waals surface area contributed by atoms with E-state index in [1.165, 1.54) is 6.20 Å². The number of hydrogen-bond donors (Lipinski definition) is 2. The van der Waals surface area contributed by atoms with Gasteiger partial charge >= 0.3 is 0 Å². The van der Waals surface area contributed by atoms with Crippen LogP contribution in [0.15, 0.2) is 36.5 Å². The predicted molar refractivity (Wildman–Crippen MR) is 68.4 cm³/mol. The maximum absolute atomic E-state index is 8.91. The van der Waals surface area contributed by atoms with E-state index in [4.69, 9.17) is 11.0 Å². The molecule has 5 heteroatoms. The number of rotatable bonds is 4. The highest BCUT2D eigenvalue weighted by molar-refractivity contribution is 5.50. The Morgan fingerprint density at radius 1 is 1.17 bits per heavy atom. The molecule has 5 nitrogen and oxygen atoms in total. The van der Waals surface area contributed by atoms with Crippen LogP contribution >= 0.6 is 0 Å². The number of aromatic nitrogens is 2. The Bertz CT molecular complexity index is 556. The van der Waals surface area contributed by atoms with Crippen LogP contribution in [0.1, 0.15) is 16.7 Å². The quantitative estimate of drug-likeness (QED) is 0.842. The summed E-state index contributed by atoms with van der Waals surface area (Å²) in [5, 5.41) is 19.7. The van der Waals surface area contributed by atoms with E-state index in [-0.39, 0.29) is 0 Å². The van der Waals surface area contributed by atoms with Crippen molar-refractivity contribution in [2.24, 2.45) is 5.73 Å². The van der Waals surface area contributed by atoms with Crippen molar-refractivity contribution in [1.82, 2.24) is 10.2 Å². The number of nitriles is 1. The molecule has 0 saturated carbocycles. The summed E-state index contributed by atoms with van der Waals surface area (Å²) >= 11 is 0.